The third-order valence-corrected chi connectivity index (χ3v) is 3.19. The second kappa shape index (κ2) is 7.52. The summed E-state index contributed by atoms with van der Waals surface area (Å²) in [7, 11) is 0. The average Bonchev–Trinajstić information content (AvgIpc) is 3.22. The molecule has 2 N–H and O–H groups in total. The number of benzene rings is 1. The average molecular weight is 249 g/mol. The van der Waals surface area contributed by atoms with E-state index in [1.165, 1.54) is 18.4 Å². The first kappa shape index (κ1) is 13.5. The van der Waals surface area contributed by atoms with Gasteiger partial charge in [-0.25, -0.2) is 0 Å². The van der Waals surface area contributed by atoms with Crippen LogP contribution < -0.4 is 5.32 Å². The van der Waals surface area contributed by atoms with Crippen molar-refractivity contribution in [3.63, 3.8) is 0 Å². The zero-order valence-electron chi connectivity index (χ0n) is 10.8. The van der Waals surface area contributed by atoms with Crippen molar-refractivity contribution in [2.45, 2.75) is 37.8 Å². The van der Waals surface area contributed by atoms with Crippen molar-refractivity contribution >= 4 is 0 Å². The van der Waals surface area contributed by atoms with Crippen LogP contribution in [0.5, 0.6) is 0 Å². The van der Waals surface area contributed by atoms with Crippen molar-refractivity contribution in [2.24, 2.45) is 0 Å². The van der Waals surface area contributed by atoms with Crippen molar-refractivity contribution in [1.82, 2.24) is 5.32 Å². The van der Waals surface area contributed by atoms with Gasteiger partial charge in [-0.2, -0.15) is 0 Å². The molecule has 1 unspecified atom stereocenters. The van der Waals surface area contributed by atoms with Crippen LogP contribution in [0.4, 0.5) is 0 Å². The maximum absolute atomic E-state index is 9.19. The molecule has 0 spiro atoms. The Morgan fingerprint density at radius 2 is 2.06 bits per heavy atom. The summed E-state index contributed by atoms with van der Waals surface area (Å²) in [6.07, 6.45) is 4.57. The Labute approximate surface area is 109 Å². The number of nitrogens with one attached hydrogen (secondary N) is 1. The minimum atomic E-state index is 0.106. The van der Waals surface area contributed by atoms with E-state index in [1.807, 2.05) is 6.07 Å². The highest BCUT2D eigenvalue weighted by molar-refractivity contribution is 5.14. The van der Waals surface area contributed by atoms with Gasteiger partial charge in [0.15, 0.2) is 0 Å². The SMILES string of the molecule is OCC(COCCCc1ccccc1)NC1CC1. The molecule has 0 bridgehead atoms. The van der Waals surface area contributed by atoms with Crippen LogP contribution in [-0.2, 0) is 11.2 Å². The molecule has 2 rings (SSSR count). The topological polar surface area (TPSA) is 41.5 Å². The first-order chi connectivity index (χ1) is 8.88. The van der Waals surface area contributed by atoms with Crippen LogP contribution in [0.2, 0.25) is 0 Å². The molecule has 1 aromatic rings. The van der Waals surface area contributed by atoms with E-state index in [0.717, 1.165) is 19.4 Å². The highest BCUT2D eigenvalue weighted by atomic mass is 16.5. The third kappa shape index (κ3) is 5.17. The van der Waals surface area contributed by atoms with Gasteiger partial charge in [-0.05, 0) is 31.2 Å². The fraction of sp³-hybridized carbons (Fsp3) is 0.600. The lowest BCUT2D eigenvalue weighted by Gasteiger charge is -2.15. The molecule has 18 heavy (non-hydrogen) atoms. The Kier molecular flexibility index (Phi) is 5.65. The molecule has 1 saturated carbocycles. The molecule has 0 aliphatic heterocycles. The molecular weight excluding hydrogens is 226 g/mol. The van der Waals surface area contributed by atoms with Crippen LogP contribution >= 0.6 is 0 Å². The molecule has 0 saturated heterocycles. The molecule has 0 amide bonds. The summed E-state index contributed by atoms with van der Waals surface area (Å²) in [5.74, 6) is 0. The third-order valence-electron chi connectivity index (χ3n) is 3.19. The van der Waals surface area contributed by atoms with Crippen LogP contribution in [0.3, 0.4) is 0 Å². The molecule has 0 radical (unpaired) electrons. The Balaban J connectivity index is 1.52. The minimum absolute atomic E-state index is 0.106. The number of rotatable bonds is 9. The summed E-state index contributed by atoms with van der Waals surface area (Å²) in [6, 6.07) is 11.2. The van der Waals surface area contributed by atoms with E-state index in [2.05, 4.69) is 29.6 Å². The molecule has 1 aliphatic rings. The molecule has 3 nitrogen and oxygen atoms in total. The Morgan fingerprint density at radius 3 is 2.72 bits per heavy atom. The summed E-state index contributed by atoms with van der Waals surface area (Å²) in [6.45, 7) is 1.54. The van der Waals surface area contributed by atoms with Gasteiger partial charge in [0.2, 0.25) is 0 Å². The van der Waals surface area contributed by atoms with Gasteiger partial charge in [-0.15, -0.1) is 0 Å². The predicted molar refractivity (Wildman–Crippen MR) is 72.6 cm³/mol. The molecule has 1 fully saturated rings. The second-order valence-corrected chi connectivity index (χ2v) is 4.98. The quantitative estimate of drug-likeness (QED) is 0.655. The summed E-state index contributed by atoms with van der Waals surface area (Å²) < 4.78 is 5.61. The van der Waals surface area contributed by atoms with Crippen molar-refractivity contribution < 1.29 is 9.84 Å². The zero-order chi connectivity index (χ0) is 12.6. The van der Waals surface area contributed by atoms with E-state index >= 15 is 0 Å². The van der Waals surface area contributed by atoms with Gasteiger partial charge in [-0.3, -0.25) is 0 Å². The standard InChI is InChI=1S/C15H23NO2/c17-11-15(16-14-8-9-14)12-18-10-4-7-13-5-2-1-3-6-13/h1-3,5-6,14-17H,4,7-12H2. The summed E-state index contributed by atoms with van der Waals surface area (Å²) in [5, 5.41) is 12.6. The van der Waals surface area contributed by atoms with Gasteiger partial charge >= 0.3 is 0 Å². The summed E-state index contributed by atoms with van der Waals surface area (Å²) >= 11 is 0. The van der Waals surface area contributed by atoms with E-state index in [1.54, 1.807) is 0 Å². The van der Waals surface area contributed by atoms with Crippen molar-refractivity contribution in [3.8, 4) is 0 Å². The van der Waals surface area contributed by atoms with E-state index < -0.39 is 0 Å². The first-order valence-corrected chi connectivity index (χ1v) is 6.87. The second-order valence-electron chi connectivity index (χ2n) is 4.98. The number of hydrogen-bond acceptors (Lipinski definition) is 3. The Morgan fingerprint density at radius 1 is 1.28 bits per heavy atom. The summed E-state index contributed by atoms with van der Waals surface area (Å²) in [5.41, 5.74) is 1.36. The van der Waals surface area contributed by atoms with Crippen LogP contribution in [0.25, 0.3) is 0 Å². The molecular formula is C15H23NO2. The Bertz CT molecular complexity index is 325. The fourth-order valence-corrected chi connectivity index (χ4v) is 1.99. The first-order valence-electron chi connectivity index (χ1n) is 6.87. The van der Waals surface area contributed by atoms with Gasteiger partial charge in [0, 0.05) is 12.6 Å². The number of aryl methyl sites for hydroxylation is 1. The molecule has 0 aromatic heterocycles. The molecule has 1 aliphatic carbocycles. The van der Waals surface area contributed by atoms with Crippen LogP contribution in [0, 0.1) is 0 Å². The number of aliphatic hydroxyl groups excluding tert-OH is 1. The van der Waals surface area contributed by atoms with Gasteiger partial charge < -0.3 is 15.2 Å². The van der Waals surface area contributed by atoms with Gasteiger partial charge in [0.25, 0.3) is 0 Å². The Hall–Kier alpha value is -0.900. The lowest BCUT2D eigenvalue weighted by molar-refractivity contribution is 0.0866. The highest BCUT2D eigenvalue weighted by Crippen LogP contribution is 2.19. The summed E-state index contributed by atoms with van der Waals surface area (Å²) in [4.78, 5) is 0. The minimum Gasteiger partial charge on any atom is -0.395 e. The van der Waals surface area contributed by atoms with Gasteiger partial charge in [0.1, 0.15) is 0 Å². The smallest absolute Gasteiger partial charge is 0.0642 e. The van der Waals surface area contributed by atoms with E-state index in [0.29, 0.717) is 12.6 Å². The maximum atomic E-state index is 9.19. The molecule has 0 heterocycles. The van der Waals surface area contributed by atoms with Crippen molar-refractivity contribution in [2.75, 3.05) is 19.8 Å². The normalized spacial score (nSPS) is 16.7. The molecule has 3 heteroatoms. The molecule has 1 aromatic carbocycles. The zero-order valence-corrected chi connectivity index (χ0v) is 10.8. The molecule has 1 atom stereocenters. The number of aliphatic hydroxyl groups is 1. The monoisotopic (exact) mass is 249 g/mol. The lowest BCUT2D eigenvalue weighted by Crippen LogP contribution is -2.38. The number of ether oxygens (including phenoxy) is 1. The van der Waals surface area contributed by atoms with Crippen LogP contribution in [0.15, 0.2) is 30.3 Å². The van der Waals surface area contributed by atoms with Crippen molar-refractivity contribution in [3.05, 3.63) is 35.9 Å². The maximum Gasteiger partial charge on any atom is 0.0642 e. The van der Waals surface area contributed by atoms with Gasteiger partial charge in [-0.1, -0.05) is 30.3 Å². The lowest BCUT2D eigenvalue weighted by atomic mass is 10.1. The number of hydrogen-bond donors (Lipinski definition) is 2. The van der Waals surface area contributed by atoms with Crippen molar-refractivity contribution in [1.29, 1.82) is 0 Å². The highest BCUT2D eigenvalue weighted by Gasteiger charge is 2.24. The molecule has 100 valence electrons. The van der Waals surface area contributed by atoms with Crippen LogP contribution in [-0.4, -0.2) is 37.0 Å². The van der Waals surface area contributed by atoms with Gasteiger partial charge in [0.05, 0.1) is 19.3 Å². The predicted octanol–water partition coefficient (Wildman–Crippen LogP) is 1.75. The van der Waals surface area contributed by atoms with E-state index in [4.69, 9.17) is 4.74 Å². The van der Waals surface area contributed by atoms with E-state index in [9.17, 15) is 5.11 Å². The fourth-order valence-electron chi connectivity index (χ4n) is 1.99. The van der Waals surface area contributed by atoms with E-state index in [-0.39, 0.29) is 12.6 Å². The van der Waals surface area contributed by atoms with Crippen LogP contribution in [0.1, 0.15) is 24.8 Å². The largest absolute Gasteiger partial charge is 0.395 e.